The van der Waals surface area contributed by atoms with E-state index in [1.807, 2.05) is 0 Å². The molecule has 3 nitrogen and oxygen atoms in total. The smallest absolute Gasteiger partial charge is 0.0558 e. The quantitative estimate of drug-likeness (QED) is 0.742. The Morgan fingerprint density at radius 3 is 2.39 bits per heavy atom. The van der Waals surface area contributed by atoms with Gasteiger partial charge in [0.1, 0.15) is 0 Å². The van der Waals surface area contributed by atoms with Crippen molar-refractivity contribution in [1.29, 1.82) is 0 Å². The number of aliphatic hydroxyl groups excluding tert-OH is 2. The fourth-order valence-corrected chi connectivity index (χ4v) is 2.04. The molecule has 18 heavy (non-hydrogen) atoms. The van der Waals surface area contributed by atoms with Gasteiger partial charge in [-0.05, 0) is 23.5 Å². The van der Waals surface area contributed by atoms with Gasteiger partial charge in [-0.25, -0.2) is 0 Å². The molecule has 0 heterocycles. The van der Waals surface area contributed by atoms with E-state index in [1.54, 1.807) is 0 Å². The van der Waals surface area contributed by atoms with Crippen molar-refractivity contribution in [3.05, 3.63) is 35.4 Å². The lowest BCUT2D eigenvalue weighted by Crippen LogP contribution is -2.29. The second-order valence-electron chi connectivity index (χ2n) is 4.78. The lowest BCUT2D eigenvalue weighted by atomic mass is 9.97. The maximum Gasteiger partial charge on any atom is 0.0558 e. The maximum atomic E-state index is 9.00. The Kier molecular flexibility index (Phi) is 6.94. The predicted octanol–water partition coefficient (Wildman–Crippen LogP) is 1.99. The average Bonchev–Trinajstić information content (AvgIpc) is 2.39. The van der Waals surface area contributed by atoms with Crippen molar-refractivity contribution in [3.8, 4) is 0 Å². The second-order valence-corrected chi connectivity index (χ2v) is 4.78. The van der Waals surface area contributed by atoms with Gasteiger partial charge in [0.25, 0.3) is 0 Å². The van der Waals surface area contributed by atoms with Gasteiger partial charge in [-0.3, -0.25) is 4.90 Å². The topological polar surface area (TPSA) is 43.7 Å². The fourth-order valence-electron chi connectivity index (χ4n) is 2.04. The van der Waals surface area contributed by atoms with Crippen LogP contribution in [0.15, 0.2) is 24.3 Å². The van der Waals surface area contributed by atoms with E-state index < -0.39 is 0 Å². The van der Waals surface area contributed by atoms with Gasteiger partial charge in [-0.2, -0.15) is 0 Å². The van der Waals surface area contributed by atoms with Gasteiger partial charge < -0.3 is 10.2 Å². The Morgan fingerprint density at radius 2 is 1.83 bits per heavy atom. The zero-order valence-electron chi connectivity index (χ0n) is 11.5. The van der Waals surface area contributed by atoms with Gasteiger partial charge in [0.2, 0.25) is 0 Å². The lowest BCUT2D eigenvalue weighted by Gasteiger charge is -2.21. The van der Waals surface area contributed by atoms with Crippen molar-refractivity contribution in [3.63, 3.8) is 0 Å². The molecule has 1 atom stereocenters. The average molecular weight is 251 g/mol. The van der Waals surface area contributed by atoms with Gasteiger partial charge in [0, 0.05) is 19.6 Å². The van der Waals surface area contributed by atoms with Gasteiger partial charge in [0.15, 0.2) is 0 Å². The molecule has 102 valence electrons. The van der Waals surface area contributed by atoms with E-state index in [4.69, 9.17) is 10.2 Å². The van der Waals surface area contributed by atoms with Crippen LogP contribution >= 0.6 is 0 Å². The molecule has 0 spiro atoms. The summed E-state index contributed by atoms with van der Waals surface area (Å²) in [6, 6.07) is 8.59. The highest BCUT2D eigenvalue weighted by molar-refractivity contribution is 5.26. The van der Waals surface area contributed by atoms with Crippen LogP contribution in [-0.2, 0) is 6.54 Å². The molecule has 0 bridgehead atoms. The Hall–Kier alpha value is -0.900. The van der Waals surface area contributed by atoms with Crippen molar-refractivity contribution >= 4 is 0 Å². The summed E-state index contributed by atoms with van der Waals surface area (Å²) >= 11 is 0. The highest BCUT2D eigenvalue weighted by Gasteiger charge is 2.07. The molecular formula is C15H25NO2. The molecule has 0 aliphatic rings. The Morgan fingerprint density at radius 1 is 1.17 bits per heavy atom. The Bertz CT molecular complexity index is 335. The van der Waals surface area contributed by atoms with E-state index in [2.05, 4.69) is 43.0 Å². The fraction of sp³-hybridized carbons (Fsp3) is 0.600. The van der Waals surface area contributed by atoms with E-state index in [0.29, 0.717) is 19.0 Å². The van der Waals surface area contributed by atoms with Crippen LogP contribution in [0.5, 0.6) is 0 Å². The van der Waals surface area contributed by atoms with Gasteiger partial charge in [-0.1, -0.05) is 38.1 Å². The molecule has 1 aromatic carbocycles. The van der Waals surface area contributed by atoms with Crippen molar-refractivity contribution in [2.75, 3.05) is 26.3 Å². The number of hydrogen-bond donors (Lipinski definition) is 2. The van der Waals surface area contributed by atoms with Crippen molar-refractivity contribution in [2.24, 2.45) is 0 Å². The first kappa shape index (κ1) is 15.2. The first-order valence-corrected chi connectivity index (χ1v) is 6.74. The van der Waals surface area contributed by atoms with Gasteiger partial charge >= 0.3 is 0 Å². The highest BCUT2D eigenvalue weighted by Crippen LogP contribution is 2.20. The molecule has 0 aromatic heterocycles. The van der Waals surface area contributed by atoms with Crippen LogP contribution in [0.4, 0.5) is 0 Å². The summed E-state index contributed by atoms with van der Waals surface area (Å²) in [6.07, 6.45) is 1.14. The van der Waals surface area contributed by atoms with Crippen molar-refractivity contribution in [2.45, 2.75) is 32.7 Å². The summed E-state index contributed by atoms with van der Waals surface area (Å²) in [5.41, 5.74) is 2.61. The van der Waals surface area contributed by atoms with Crippen LogP contribution in [0, 0.1) is 0 Å². The largest absolute Gasteiger partial charge is 0.395 e. The zero-order valence-corrected chi connectivity index (χ0v) is 11.5. The predicted molar refractivity (Wildman–Crippen MR) is 74.6 cm³/mol. The molecule has 0 fully saturated rings. The molecule has 0 radical (unpaired) electrons. The number of hydrogen-bond acceptors (Lipinski definition) is 3. The first-order chi connectivity index (χ1) is 8.71. The van der Waals surface area contributed by atoms with Crippen LogP contribution in [0.1, 0.15) is 37.3 Å². The summed E-state index contributed by atoms with van der Waals surface area (Å²) in [7, 11) is 0. The molecule has 2 N–H and O–H groups in total. The second kappa shape index (κ2) is 8.25. The van der Waals surface area contributed by atoms with Gasteiger partial charge in [-0.15, -0.1) is 0 Å². The van der Waals surface area contributed by atoms with Crippen molar-refractivity contribution < 1.29 is 10.2 Å². The van der Waals surface area contributed by atoms with Crippen LogP contribution in [-0.4, -0.2) is 41.4 Å². The summed E-state index contributed by atoms with van der Waals surface area (Å²) in [6.45, 7) is 6.68. The number of nitrogens with zero attached hydrogens (tertiary/aromatic N) is 1. The van der Waals surface area contributed by atoms with Crippen LogP contribution in [0.2, 0.25) is 0 Å². The summed E-state index contributed by atoms with van der Waals surface area (Å²) in [4.78, 5) is 2.07. The molecule has 1 unspecified atom stereocenters. The minimum absolute atomic E-state index is 0.130. The summed E-state index contributed by atoms with van der Waals surface area (Å²) < 4.78 is 0. The molecule has 3 heteroatoms. The number of aliphatic hydroxyl groups is 2. The normalized spacial score (nSPS) is 12.9. The highest BCUT2D eigenvalue weighted by atomic mass is 16.3. The SMILES string of the molecule is CCC(C)c1cccc(CN(CCO)CCO)c1. The lowest BCUT2D eigenvalue weighted by molar-refractivity contribution is 0.156. The van der Waals surface area contributed by atoms with E-state index in [9.17, 15) is 0 Å². The molecule has 0 saturated carbocycles. The maximum absolute atomic E-state index is 9.00. The first-order valence-electron chi connectivity index (χ1n) is 6.74. The molecule has 0 saturated heterocycles. The summed E-state index contributed by atoms with van der Waals surface area (Å²) in [5, 5.41) is 18.0. The molecule has 0 aliphatic carbocycles. The standard InChI is InChI=1S/C15H25NO2/c1-3-13(2)15-6-4-5-14(11-15)12-16(7-9-17)8-10-18/h4-6,11,13,17-18H,3,7-10,12H2,1-2H3. The molecular weight excluding hydrogens is 226 g/mol. The van der Waals surface area contributed by atoms with Crippen LogP contribution < -0.4 is 0 Å². The molecule has 0 aliphatic heterocycles. The molecule has 0 amide bonds. The minimum atomic E-state index is 0.130. The molecule has 1 aromatic rings. The van der Waals surface area contributed by atoms with E-state index in [-0.39, 0.29) is 13.2 Å². The van der Waals surface area contributed by atoms with E-state index >= 15 is 0 Å². The third kappa shape index (κ3) is 4.77. The number of rotatable bonds is 8. The summed E-state index contributed by atoms with van der Waals surface area (Å²) in [5.74, 6) is 0.578. The van der Waals surface area contributed by atoms with Gasteiger partial charge in [0.05, 0.1) is 13.2 Å². The monoisotopic (exact) mass is 251 g/mol. The third-order valence-electron chi connectivity index (χ3n) is 3.37. The Labute approximate surface area is 110 Å². The number of benzene rings is 1. The molecule has 1 rings (SSSR count). The minimum Gasteiger partial charge on any atom is -0.395 e. The third-order valence-corrected chi connectivity index (χ3v) is 3.37. The van der Waals surface area contributed by atoms with E-state index in [1.165, 1.54) is 11.1 Å². The van der Waals surface area contributed by atoms with Crippen molar-refractivity contribution in [1.82, 2.24) is 4.90 Å². The Balaban J connectivity index is 2.70. The van der Waals surface area contributed by atoms with Crippen LogP contribution in [0.25, 0.3) is 0 Å². The van der Waals surface area contributed by atoms with Crippen LogP contribution in [0.3, 0.4) is 0 Å². The zero-order chi connectivity index (χ0) is 13.4. The van der Waals surface area contributed by atoms with E-state index in [0.717, 1.165) is 13.0 Å².